The molecule has 1 aromatic rings. The lowest BCUT2D eigenvalue weighted by atomic mass is 9.84. The number of carboxylic acids is 1. The van der Waals surface area contributed by atoms with Crippen LogP contribution in [0.2, 0.25) is 0 Å². The second-order valence-corrected chi connectivity index (χ2v) is 4.74. The molecule has 20 heavy (non-hydrogen) atoms. The number of hydrogen-bond acceptors (Lipinski definition) is 6. The van der Waals surface area contributed by atoms with Crippen LogP contribution in [0.1, 0.15) is 43.1 Å². The number of carbonyl (C=O) groups is 2. The predicted octanol–water partition coefficient (Wildman–Crippen LogP) is 1.91. The Morgan fingerprint density at radius 2 is 2.25 bits per heavy atom. The van der Waals surface area contributed by atoms with E-state index in [1.165, 1.54) is 6.26 Å². The highest BCUT2D eigenvalue weighted by atomic mass is 16.5. The molecule has 1 aliphatic carbocycles. The summed E-state index contributed by atoms with van der Waals surface area (Å²) in [6.07, 6.45) is 4.47. The summed E-state index contributed by atoms with van der Waals surface area (Å²) in [4.78, 5) is 26.6. The number of ether oxygens (including phenoxy) is 1. The van der Waals surface area contributed by atoms with Crippen molar-refractivity contribution in [2.75, 3.05) is 11.9 Å². The van der Waals surface area contributed by atoms with E-state index in [4.69, 9.17) is 9.15 Å². The number of esters is 1. The first-order valence-electron chi connectivity index (χ1n) is 6.73. The summed E-state index contributed by atoms with van der Waals surface area (Å²) in [5.41, 5.74) is 0.0806. The molecule has 2 atom stereocenters. The first kappa shape index (κ1) is 14.4. The first-order chi connectivity index (χ1) is 9.61. The maximum atomic E-state index is 11.5. The molecule has 0 aliphatic heterocycles. The largest absolute Gasteiger partial charge is 0.481 e. The van der Waals surface area contributed by atoms with Gasteiger partial charge in [0.1, 0.15) is 6.26 Å². The zero-order valence-electron chi connectivity index (χ0n) is 11.3. The molecule has 0 spiro atoms. The average Bonchev–Trinajstić information content (AvgIpc) is 2.88. The summed E-state index contributed by atoms with van der Waals surface area (Å²) in [6.45, 7) is 1.97. The summed E-state index contributed by atoms with van der Waals surface area (Å²) in [6, 6.07) is -0.0684. The van der Waals surface area contributed by atoms with Crippen molar-refractivity contribution in [3.05, 3.63) is 12.0 Å². The molecule has 0 saturated heterocycles. The third kappa shape index (κ3) is 3.28. The molecule has 1 heterocycles. The minimum atomic E-state index is -0.820. The highest BCUT2D eigenvalue weighted by Gasteiger charge is 2.31. The predicted molar refractivity (Wildman–Crippen MR) is 69.5 cm³/mol. The zero-order chi connectivity index (χ0) is 14.5. The number of anilines is 1. The lowest BCUT2D eigenvalue weighted by Gasteiger charge is -2.28. The van der Waals surface area contributed by atoms with Crippen LogP contribution >= 0.6 is 0 Å². The van der Waals surface area contributed by atoms with Crippen molar-refractivity contribution in [2.24, 2.45) is 5.92 Å². The smallest absolute Gasteiger partial charge is 0.360 e. The van der Waals surface area contributed by atoms with Gasteiger partial charge in [0.2, 0.25) is 0 Å². The molecule has 7 nitrogen and oxygen atoms in total. The number of oxazole rings is 1. The number of rotatable bonds is 5. The van der Waals surface area contributed by atoms with Crippen molar-refractivity contribution >= 4 is 18.0 Å². The van der Waals surface area contributed by atoms with Gasteiger partial charge in [-0.3, -0.25) is 4.79 Å². The fourth-order valence-electron chi connectivity index (χ4n) is 2.40. The van der Waals surface area contributed by atoms with E-state index >= 15 is 0 Å². The van der Waals surface area contributed by atoms with Gasteiger partial charge in [-0.2, -0.15) is 4.98 Å². The van der Waals surface area contributed by atoms with Gasteiger partial charge in [0, 0.05) is 6.04 Å². The Hall–Kier alpha value is -2.05. The topological polar surface area (TPSA) is 102 Å². The van der Waals surface area contributed by atoms with Crippen LogP contribution in [0.5, 0.6) is 0 Å². The number of carbonyl (C=O) groups excluding carboxylic acids is 1. The Labute approximate surface area is 116 Å². The van der Waals surface area contributed by atoms with Crippen LogP contribution in [-0.2, 0) is 9.53 Å². The van der Waals surface area contributed by atoms with Crippen LogP contribution in [0.4, 0.5) is 6.01 Å². The third-order valence-corrected chi connectivity index (χ3v) is 3.38. The van der Waals surface area contributed by atoms with E-state index in [2.05, 4.69) is 10.3 Å². The fraction of sp³-hybridized carbons (Fsp3) is 0.615. The Kier molecular flexibility index (Phi) is 4.60. The van der Waals surface area contributed by atoms with E-state index in [9.17, 15) is 14.7 Å². The van der Waals surface area contributed by atoms with Crippen molar-refractivity contribution in [3.8, 4) is 0 Å². The summed E-state index contributed by atoms with van der Waals surface area (Å²) < 4.78 is 9.95. The highest BCUT2D eigenvalue weighted by molar-refractivity contribution is 5.87. The molecule has 110 valence electrons. The van der Waals surface area contributed by atoms with Crippen molar-refractivity contribution in [1.29, 1.82) is 0 Å². The molecule has 0 bridgehead atoms. The number of aromatic nitrogens is 1. The van der Waals surface area contributed by atoms with E-state index < -0.39 is 17.9 Å². The van der Waals surface area contributed by atoms with Gasteiger partial charge in [0.05, 0.1) is 12.5 Å². The quantitative estimate of drug-likeness (QED) is 0.795. The SMILES string of the molecule is CCOC(=O)c1coc(NC2CCCCC2C(=O)O)n1. The molecule has 2 N–H and O–H groups in total. The first-order valence-corrected chi connectivity index (χ1v) is 6.73. The van der Waals surface area contributed by atoms with Gasteiger partial charge >= 0.3 is 11.9 Å². The average molecular weight is 282 g/mol. The lowest BCUT2D eigenvalue weighted by molar-refractivity contribution is -0.143. The monoisotopic (exact) mass is 282 g/mol. The summed E-state index contributed by atoms with van der Waals surface area (Å²) in [5, 5.41) is 12.1. The van der Waals surface area contributed by atoms with Gasteiger partial charge in [-0.25, -0.2) is 4.79 Å². The molecule has 2 rings (SSSR count). The lowest BCUT2D eigenvalue weighted by Crippen LogP contribution is -2.37. The van der Waals surface area contributed by atoms with Crippen molar-refractivity contribution < 1.29 is 23.8 Å². The van der Waals surface area contributed by atoms with Crippen LogP contribution < -0.4 is 5.32 Å². The van der Waals surface area contributed by atoms with Gasteiger partial charge in [-0.05, 0) is 19.8 Å². The standard InChI is InChI=1S/C13H18N2O5/c1-2-19-12(18)10-7-20-13(15-10)14-9-6-4-3-5-8(9)11(16)17/h7-9H,2-6H2,1H3,(H,14,15)(H,16,17). The number of nitrogens with zero attached hydrogens (tertiary/aromatic N) is 1. The van der Waals surface area contributed by atoms with E-state index in [0.717, 1.165) is 19.3 Å². The second kappa shape index (κ2) is 6.40. The van der Waals surface area contributed by atoms with E-state index in [0.29, 0.717) is 6.42 Å². The molecule has 1 fully saturated rings. The van der Waals surface area contributed by atoms with Gasteiger partial charge in [0.25, 0.3) is 6.01 Å². The maximum absolute atomic E-state index is 11.5. The maximum Gasteiger partial charge on any atom is 0.360 e. The van der Waals surface area contributed by atoms with Crippen molar-refractivity contribution in [1.82, 2.24) is 4.98 Å². The molecule has 1 aliphatic rings. The normalized spacial score (nSPS) is 22.2. The zero-order valence-corrected chi connectivity index (χ0v) is 11.3. The highest BCUT2D eigenvalue weighted by Crippen LogP contribution is 2.27. The minimum absolute atomic E-state index is 0.0806. The molecular formula is C13H18N2O5. The molecule has 0 radical (unpaired) electrons. The molecule has 0 amide bonds. The molecule has 2 unspecified atom stereocenters. The molecule has 1 saturated carbocycles. The van der Waals surface area contributed by atoms with Crippen molar-refractivity contribution in [2.45, 2.75) is 38.6 Å². The summed E-state index contributed by atoms with van der Waals surface area (Å²) in [7, 11) is 0. The summed E-state index contributed by atoms with van der Waals surface area (Å²) >= 11 is 0. The third-order valence-electron chi connectivity index (χ3n) is 3.38. The fourth-order valence-corrected chi connectivity index (χ4v) is 2.40. The number of carboxylic acid groups (broad SMARTS) is 1. The molecule has 0 aromatic carbocycles. The van der Waals surface area contributed by atoms with Gasteiger partial charge in [0.15, 0.2) is 5.69 Å². The van der Waals surface area contributed by atoms with E-state index in [1.54, 1.807) is 6.92 Å². The summed E-state index contributed by atoms with van der Waals surface area (Å²) in [5.74, 6) is -1.83. The Morgan fingerprint density at radius 1 is 1.50 bits per heavy atom. The van der Waals surface area contributed by atoms with Crippen LogP contribution in [0, 0.1) is 5.92 Å². The minimum Gasteiger partial charge on any atom is -0.481 e. The molecular weight excluding hydrogens is 264 g/mol. The van der Waals surface area contributed by atoms with Crippen LogP contribution in [0.15, 0.2) is 10.7 Å². The number of hydrogen-bond donors (Lipinski definition) is 2. The molecule has 1 aromatic heterocycles. The van der Waals surface area contributed by atoms with E-state index in [-0.39, 0.29) is 24.4 Å². The van der Waals surface area contributed by atoms with Crippen LogP contribution in [-0.4, -0.2) is 34.7 Å². The Bertz CT molecular complexity index is 485. The van der Waals surface area contributed by atoms with Gasteiger partial charge in [-0.15, -0.1) is 0 Å². The second-order valence-electron chi connectivity index (χ2n) is 4.74. The Morgan fingerprint density at radius 3 is 2.95 bits per heavy atom. The van der Waals surface area contributed by atoms with Crippen LogP contribution in [0.3, 0.4) is 0 Å². The van der Waals surface area contributed by atoms with Crippen LogP contribution in [0.25, 0.3) is 0 Å². The number of nitrogens with one attached hydrogen (secondary N) is 1. The Balaban J connectivity index is 2.01. The molecule has 7 heteroatoms. The van der Waals surface area contributed by atoms with E-state index in [1.807, 2.05) is 0 Å². The number of aliphatic carboxylic acids is 1. The van der Waals surface area contributed by atoms with Crippen molar-refractivity contribution in [3.63, 3.8) is 0 Å². The van der Waals surface area contributed by atoms with Gasteiger partial charge < -0.3 is 19.6 Å². The van der Waals surface area contributed by atoms with Gasteiger partial charge in [-0.1, -0.05) is 12.8 Å².